The summed E-state index contributed by atoms with van der Waals surface area (Å²) in [4.78, 5) is 19.0. The molecule has 1 aliphatic rings. The number of aryl methyl sites for hydroxylation is 1. The van der Waals surface area contributed by atoms with E-state index in [0.717, 1.165) is 27.4 Å². The fraction of sp³-hybridized carbons (Fsp3) is 0.333. The summed E-state index contributed by atoms with van der Waals surface area (Å²) in [6.45, 7) is 0.200. The molecule has 5 heteroatoms. The van der Waals surface area contributed by atoms with Crippen LogP contribution in [0.5, 0.6) is 0 Å². The number of nitrogens with zero attached hydrogens (tertiary/aromatic N) is 2. The van der Waals surface area contributed by atoms with E-state index in [4.69, 9.17) is 4.98 Å². The molecule has 4 rings (SSSR count). The molecule has 1 amide bonds. The number of amides is 1. The molecule has 1 aromatic heterocycles. The summed E-state index contributed by atoms with van der Waals surface area (Å²) in [5.74, 6) is -0.0226. The second kappa shape index (κ2) is 7.02. The number of aromatic nitrogens is 1. The number of hydrogen-bond acceptors (Lipinski definition) is 4. The molecule has 0 spiro atoms. The lowest BCUT2D eigenvalue weighted by Gasteiger charge is -2.23. The first-order valence-corrected chi connectivity index (χ1v) is 9.02. The molecule has 1 aliphatic heterocycles. The summed E-state index contributed by atoms with van der Waals surface area (Å²) in [5.41, 5.74) is 2.98. The van der Waals surface area contributed by atoms with E-state index in [1.807, 2.05) is 48.5 Å². The molecule has 26 heavy (non-hydrogen) atoms. The molecule has 3 aromatic rings. The van der Waals surface area contributed by atoms with E-state index < -0.39 is 6.10 Å². The monoisotopic (exact) mass is 350 g/mol. The van der Waals surface area contributed by atoms with Crippen LogP contribution in [0.4, 0.5) is 0 Å². The second-order valence-corrected chi connectivity index (χ2v) is 6.90. The van der Waals surface area contributed by atoms with Crippen LogP contribution in [0.3, 0.4) is 0 Å². The Morgan fingerprint density at radius 1 is 1.08 bits per heavy atom. The molecule has 2 aromatic carbocycles. The number of pyridine rings is 1. The SMILES string of the molecule is O=C(CCc1c2ccccc2nc2ccccc12)N1C[C@H](O)CC1CO. The maximum atomic E-state index is 12.7. The third kappa shape index (κ3) is 3.04. The van der Waals surface area contributed by atoms with E-state index in [1.54, 1.807) is 4.90 Å². The highest BCUT2D eigenvalue weighted by Crippen LogP contribution is 2.28. The number of hydrogen-bond donors (Lipinski definition) is 2. The number of fused-ring (bicyclic) bond motifs is 2. The van der Waals surface area contributed by atoms with Crippen molar-refractivity contribution < 1.29 is 15.0 Å². The maximum absolute atomic E-state index is 12.7. The van der Waals surface area contributed by atoms with E-state index in [9.17, 15) is 15.0 Å². The summed E-state index contributed by atoms with van der Waals surface area (Å²) >= 11 is 0. The van der Waals surface area contributed by atoms with Crippen molar-refractivity contribution in [1.29, 1.82) is 0 Å². The van der Waals surface area contributed by atoms with Gasteiger partial charge < -0.3 is 15.1 Å². The quantitative estimate of drug-likeness (QED) is 0.708. The minimum atomic E-state index is -0.543. The van der Waals surface area contributed by atoms with E-state index in [-0.39, 0.29) is 18.6 Å². The Bertz CT molecular complexity index is 902. The van der Waals surface area contributed by atoms with Crippen LogP contribution in [0.1, 0.15) is 18.4 Å². The smallest absolute Gasteiger partial charge is 0.223 e. The van der Waals surface area contributed by atoms with Gasteiger partial charge in [0.25, 0.3) is 0 Å². The summed E-state index contributed by atoms with van der Waals surface area (Å²) in [6.07, 6.45) is 0.858. The van der Waals surface area contributed by atoms with Crippen LogP contribution in [-0.2, 0) is 11.2 Å². The first kappa shape index (κ1) is 16.9. The summed E-state index contributed by atoms with van der Waals surface area (Å²) < 4.78 is 0. The van der Waals surface area contributed by atoms with Gasteiger partial charge in [0.1, 0.15) is 0 Å². The van der Waals surface area contributed by atoms with Gasteiger partial charge in [0.05, 0.1) is 29.8 Å². The third-order valence-corrected chi connectivity index (χ3v) is 5.21. The second-order valence-electron chi connectivity index (χ2n) is 6.90. The van der Waals surface area contributed by atoms with Crippen LogP contribution >= 0.6 is 0 Å². The molecule has 0 bridgehead atoms. The first-order valence-electron chi connectivity index (χ1n) is 9.02. The fourth-order valence-corrected chi connectivity index (χ4v) is 3.94. The van der Waals surface area contributed by atoms with Crippen molar-refractivity contribution in [3.8, 4) is 0 Å². The maximum Gasteiger partial charge on any atom is 0.223 e. The number of aliphatic hydroxyl groups excluding tert-OH is 2. The fourth-order valence-electron chi connectivity index (χ4n) is 3.94. The molecule has 2 N–H and O–H groups in total. The number of benzene rings is 2. The van der Waals surface area contributed by atoms with E-state index in [0.29, 0.717) is 25.8 Å². The number of carbonyl (C=O) groups excluding carboxylic acids is 1. The lowest BCUT2D eigenvalue weighted by atomic mass is 9.98. The molecular weight excluding hydrogens is 328 g/mol. The Morgan fingerprint density at radius 3 is 2.31 bits per heavy atom. The number of para-hydroxylation sites is 2. The van der Waals surface area contributed by atoms with Gasteiger partial charge in [-0.2, -0.15) is 0 Å². The van der Waals surface area contributed by atoms with Crippen LogP contribution in [0, 0.1) is 0 Å². The third-order valence-electron chi connectivity index (χ3n) is 5.21. The summed E-state index contributed by atoms with van der Waals surface area (Å²) in [7, 11) is 0. The molecule has 0 radical (unpaired) electrons. The van der Waals surface area contributed by atoms with Crippen molar-refractivity contribution in [2.45, 2.75) is 31.4 Å². The molecule has 5 nitrogen and oxygen atoms in total. The van der Waals surface area contributed by atoms with Crippen molar-refractivity contribution in [2.75, 3.05) is 13.2 Å². The van der Waals surface area contributed by atoms with Gasteiger partial charge in [0, 0.05) is 23.7 Å². The number of carbonyl (C=O) groups is 1. The average Bonchev–Trinajstić information content (AvgIpc) is 3.06. The molecule has 1 saturated heterocycles. The zero-order valence-corrected chi connectivity index (χ0v) is 14.5. The average molecular weight is 350 g/mol. The predicted octanol–water partition coefficient (Wildman–Crippen LogP) is 2.27. The van der Waals surface area contributed by atoms with E-state index in [1.165, 1.54) is 0 Å². The zero-order valence-electron chi connectivity index (χ0n) is 14.5. The van der Waals surface area contributed by atoms with E-state index in [2.05, 4.69) is 0 Å². The van der Waals surface area contributed by atoms with Crippen LogP contribution in [0.25, 0.3) is 21.8 Å². The first-order chi connectivity index (χ1) is 12.7. The van der Waals surface area contributed by atoms with Gasteiger partial charge in [-0.15, -0.1) is 0 Å². The van der Waals surface area contributed by atoms with Crippen molar-refractivity contribution in [1.82, 2.24) is 9.88 Å². The van der Waals surface area contributed by atoms with Gasteiger partial charge in [-0.05, 0) is 30.5 Å². The zero-order chi connectivity index (χ0) is 18.1. The van der Waals surface area contributed by atoms with Gasteiger partial charge in [0.15, 0.2) is 0 Å². The molecule has 1 unspecified atom stereocenters. The normalized spacial score (nSPS) is 20.2. The Morgan fingerprint density at radius 2 is 1.69 bits per heavy atom. The van der Waals surface area contributed by atoms with Crippen LogP contribution in [-0.4, -0.2) is 51.3 Å². The molecule has 0 saturated carbocycles. The highest BCUT2D eigenvalue weighted by atomic mass is 16.3. The Kier molecular flexibility index (Phi) is 4.57. The molecule has 134 valence electrons. The minimum Gasteiger partial charge on any atom is -0.394 e. The number of aliphatic hydroxyl groups is 2. The summed E-state index contributed by atoms with van der Waals surface area (Å²) in [5, 5.41) is 21.4. The van der Waals surface area contributed by atoms with Crippen molar-refractivity contribution in [3.05, 3.63) is 54.1 Å². The molecule has 2 heterocycles. The highest BCUT2D eigenvalue weighted by Gasteiger charge is 2.33. The van der Waals surface area contributed by atoms with Crippen molar-refractivity contribution >= 4 is 27.7 Å². The van der Waals surface area contributed by atoms with E-state index >= 15 is 0 Å². The van der Waals surface area contributed by atoms with Crippen molar-refractivity contribution in [3.63, 3.8) is 0 Å². The van der Waals surface area contributed by atoms with Gasteiger partial charge in [-0.25, -0.2) is 4.98 Å². The topological polar surface area (TPSA) is 73.7 Å². The largest absolute Gasteiger partial charge is 0.394 e. The Hall–Kier alpha value is -2.50. The lowest BCUT2D eigenvalue weighted by molar-refractivity contribution is -0.132. The van der Waals surface area contributed by atoms with Gasteiger partial charge in [-0.1, -0.05) is 36.4 Å². The number of likely N-dealkylation sites (tertiary alicyclic amines) is 1. The molecule has 1 fully saturated rings. The standard InChI is InChI=1S/C21H22N2O3/c24-13-14-11-15(25)12-23(14)21(26)10-9-16-17-5-1-3-7-19(17)22-20-8-4-2-6-18(16)20/h1-8,14-15,24-25H,9-13H2/t14?,15-/m1/s1. The summed E-state index contributed by atoms with van der Waals surface area (Å²) in [6, 6.07) is 15.7. The Labute approximate surface area is 151 Å². The number of β-amino-alcohol motifs (C(OH)–C–C–N with tert-alkyl or cyclic N) is 1. The van der Waals surface area contributed by atoms with Gasteiger partial charge in [-0.3, -0.25) is 4.79 Å². The predicted molar refractivity (Wildman–Crippen MR) is 101 cm³/mol. The van der Waals surface area contributed by atoms with Gasteiger partial charge >= 0.3 is 0 Å². The van der Waals surface area contributed by atoms with Crippen molar-refractivity contribution in [2.24, 2.45) is 0 Å². The molecule has 0 aliphatic carbocycles. The molecular formula is C21H22N2O3. The van der Waals surface area contributed by atoms with Crippen LogP contribution in [0.15, 0.2) is 48.5 Å². The number of rotatable bonds is 4. The lowest BCUT2D eigenvalue weighted by Crippen LogP contribution is -2.38. The van der Waals surface area contributed by atoms with Crippen LogP contribution in [0.2, 0.25) is 0 Å². The van der Waals surface area contributed by atoms with Gasteiger partial charge in [0.2, 0.25) is 5.91 Å². The van der Waals surface area contributed by atoms with Crippen LogP contribution < -0.4 is 0 Å². The Balaban J connectivity index is 1.65. The minimum absolute atomic E-state index is 0.0226. The highest BCUT2D eigenvalue weighted by molar-refractivity contribution is 5.97. The molecule has 2 atom stereocenters.